The van der Waals surface area contributed by atoms with Crippen molar-refractivity contribution >= 4 is 22.2 Å². The first-order valence-corrected chi connectivity index (χ1v) is 6.93. The maximum atomic E-state index is 4.20. The predicted octanol–water partition coefficient (Wildman–Crippen LogP) is 3.00. The van der Waals surface area contributed by atoms with Crippen LogP contribution < -0.4 is 10.2 Å². The van der Waals surface area contributed by atoms with Crippen LogP contribution in [0.3, 0.4) is 0 Å². The van der Waals surface area contributed by atoms with Crippen LogP contribution in [0.1, 0.15) is 18.4 Å². The molecule has 2 rings (SSSR count). The standard InChI is InChI=1S/C13H18N4S/c1-3-9-14-13-16-15-12(18-13)10-17(2)11-7-5-4-6-8-11/h4-8H,3,9-10H2,1-2H3,(H,14,16). The van der Waals surface area contributed by atoms with Crippen LogP contribution in [0.5, 0.6) is 0 Å². The Bertz CT molecular complexity index is 469. The van der Waals surface area contributed by atoms with E-state index < -0.39 is 0 Å². The van der Waals surface area contributed by atoms with Gasteiger partial charge in [0.1, 0.15) is 5.01 Å². The molecule has 0 saturated carbocycles. The van der Waals surface area contributed by atoms with Gasteiger partial charge in [0.05, 0.1) is 6.54 Å². The Morgan fingerprint density at radius 3 is 2.72 bits per heavy atom. The number of nitrogens with zero attached hydrogens (tertiary/aromatic N) is 3. The molecule has 0 unspecified atom stereocenters. The summed E-state index contributed by atoms with van der Waals surface area (Å²) < 4.78 is 0. The fourth-order valence-corrected chi connectivity index (χ4v) is 2.42. The number of anilines is 2. The van der Waals surface area contributed by atoms with Crippen LogP contribution in [-0.4, -0.2) is 23.8 Å². The van der Waals surface area contributed by atoms with Gasteiger partial charge in [-0.05, 0) is 18.6 Å². The third-order valence-electron chi connectivity index (χ3n) is 2.56. The Labute approximate surface area is 112 Å². The maximum Gasteiger partial charge on any atom is 0.205 e. The van der Waals surface area contributed by atoms with Gasteiger partial charge in [-0.15, -0.1) is 10.2 Å². The lowest BCUT2D eigenvalue weighted by atomic mass is 10.3. The molecule has 1 aromatic carbocycles. The van der Waals surface area contributed by atoms with Gasteiger partial charge in [-0.1, -0.05) is 36.5 Å². The van der Waals surface area contributed by atoms with Gasteiger partial charge < -0.3 is 10.2 Å². The van der Waals surface area contributed by atoms with E-state index in [9.17, 15) is 0 Å². The van der Waals surface area contributed by atoms with Crippen LogP contribution in [0, 0.1) is 0 Å². The molecule has 0 amide bonds. The lowest BCUT2D eigenvalue weighted by molar-refractivity contribution is 0.878. The van der Waals surface area contributed by atoms with Crippen LogP contribution >= 0.6 is 11.3 Å². The van der Waals surface area contributed by atoms with Crippen LogP contribution in [0.4, 0.5) is 10.8 Å². The van der Waals surface area contributed by atoms with Gasteiger partial charge in [0.25, 0.3) is 0 Å². The smallest absolute Gasteiger partial charge is 0.205 e. The highest BCUT2D eigenvalue weighted by Gasteiger charge is 2.07. The first-order chi connectivity index (χ1) is 8.79. The fourth-order valence-electron chi connectivity index (χ4n) is 1.60. The third kappa shape index (κ3) is 3.43. The van der Waals surface area contributed by atoms with Crippen LogP contribution in [0.2, 0.25) is 0 Å². The second kappa shape index (κ2) is 6.35. The molecule has 96 valence electrons. The summed E-state index contributed by atoms with van der Waals surface area (Å²) in [6, 6.07) is 10.3. The van der Waals surface area contributed by atoms with Crippen molar-refractivity contribution < 1.29 is 0 Å². The van der Waals surface area contributed by atoms with Gasteiger partial charge in [-0.2, -0.15) is 0 Å². The summed E-state index contributed by atoms with van der Waals surface area (Å²) >= 11 is 1.62. The van der Waals surface area contributed by atoms with Crippen molar-refractivity contribution in [1.29, 1.82) is 0 Å². The monoisotopic (exact) mass is 262 g/mol. The number of hydrogen-bond donors (Lipinski definition) is 1. The Hall–Kier alpha value is -1.62. The molecule has 0 bridgehead atoms. The third-order valence-corrected chi connectivity index (χ3v) is 3.43. The highest BCUT2D eigenvalue weighted by molar-refractivity contribution is 7.15. The summed E-state index contributed by atoms with van der Waals surface area (Å²) in [5.41, 5.74) is 1.19. The topological polar surface area (TPSA) is 41.1 Å². The van der Waals surface area contributed by atoms with Crippen molar-refractivity contribution in [3.05, 3.63) is 35.3 Å². The van der Waals surface area contributed by atoms with E-state index in [2.05, 4.69) is 46.5 Å². The number of para-hydroxylation sites is 1. The van der Waals surface area contributed by atoms with Gasteiger partial charge in [0.2, 0.25) is 5.13 Å². The van der Waals surface area contributed by atoms with Crippen LogP contribution in [0.25, 0.3) is 0 Å². The first kappa shape index (κ1) is 12.8. The largest absolute Gasteiger partial charge is 0.368 e. The van der Waals surface area contributed by atoms with Crippen LogP contribution in [0.15, 0.2) is 30.3 Å². The molecule has 0 saturated heterocycles. The predicted molar refractivity (Wildman–Crippen MR) is 77.2 cm³/mol. The number of hydrogen-bond acceptors (Lipinski definition) is 5. The first-order valence-electron chi connectivity index (χ1n) is 6.12. The highest BCUT2D eigenvalue weighted by atomic mass is 32.1. The number of aromatic nitrogens is 2. The van der Waals surface area contributed by atoms with Crippen molar-refractivity contribution in [2.24, 2.45) is 0 Å². The van der Waals surface area contributed by atoms with Crippen molar-refractivity contribution in [3.8, 4) is 0 Å². The molecular weight excluding hydrogens is 244 g/mol. The van der Waals surface area contributed by atoms with Gasteiger partial charge in [0, 0.05) is 19.3 Å². The van der Waals surface area contributed by atoms with Crippen LogP contribution in [-0.2, 0) is 6.54 Å². The zero-order valence-corrected chi connectivity index (χ0v) is 11.6. The summed E-state index contributed by atoms with van der Waals surface area (Å²) in [4.78, 5) is 2.17. The molecule has 4 nitrogen and oxygen atoms in total. The Morgan fingerprint density at radius 2 is 2.00 bits per heavy atom. The van der Waals surface area contributed by atoms with E-state index in [0.717, 1.165) is 29.6 Å². The van der Waals surface area contributed by atoms with Crippen molar-refractivity contribution in [2.75, 3.05) is 23.8 Å². The Balaban J connectivity index is 1.95. The van der Waals surface area contributed by atoms with E-state index in [1.165, 1.54) is 5.69 Å². The quantitative estimate of drug-likeness (QED) is 0.869. The average molecular weight is 262 g/mol. The molecule has 1 heterocycles. The van der Waals surface area contributed by atoms with Gasteiger partial charge >= 0.3 is 0 Å². The van der Waals surface area contributed by atoms with E-state index in [1.807, 2.05) is 18.2 Å². The zero-order valence-electron chi connectivity index (χ0n) is 10.8. The normalized spacial score (nSPS) is 10.3. The molecule has 1 aromatic heterocycles. The molecule has 0 aliphatic carbocycles. The van der Waals surface area contributed by atoms with E-state index in [4.69, 9.17) is 0 Å². The lowest BCUT2D eigenvalue weighted by Gasteiger charge is -2.16. The minimum atomic E-state index is 0.787. The highest BCUT2D eigenvalue weighted by Crippen LogP contribution is 2.19. The van der Waals surface area contributed by atoms with Crippen molar-refractivity contribution in [3.63, 3.8) is 0 Å². The molecule has 2 aromatic rings. The van der Waals surface area contributed by atoms with Gasteiger partial charge in [-0.25, -0.2) is 0 Å². The second-order valence-electron chi connectivity index (χ2n) is 4.12. The molecule has 0 aliphatic heterocycles. The van der Waals surface area contributed by atoms with E-state index in [1.54, 1.807) is 11.3 Å². The summed E-state index contributed by atoms with van der Waals surface area (Å²) in [5, 5.41) is 13.5. The molecule has 5 heteroatoms. The summed E-state index contributed by atoms with van der Waals surface area (Å²) in [6.45, 7) is 3.87. The van der Waals surface area contributed by atoms with E-state index >= 15 is 0 Å². The molecule has 0 radical (unpaired) electrons. The number of rotatable bonds is 6. The lowest BCUT2D eigenvalue weighted by Crippen LogP contribution is -2.15. The molecule has 0 atom stereocenters. The minimum Gasteiger partial charge on any atom is -0.368 e. The van der Waals surface area contributed by atoms with Crippen molar-refractivity contribution in [1.82, 2.24) is 10.2 Å². The average Bonchev–Trinajstić information content (AvgIpc) is 2.85. The summed E-state index contributed by atoms with van der Waals surface area (Å²) in [6.07, 6.45) is 1.10. The second-order valence-corrected chi connectivity index (χ2v) is 5.18. The minimum absolute atomic E-state index is 0.787. The van der Waals surface area contributed by atoms with Crippen molar-refractivity contribution in [2.45, 2.75) is 19.9 Å². The molecular formula is C13H18N4S. The molecule has 18 heavy (non-hydrogen) atoms. The summed E-state index contributed by atoms with van der Waals surface area (Å²) in [5.74, 6) is 0. The summed E-state index contributed by atoms with van der Waals surface area (Å²) in [7, 11) is 2.07. The Kier molecular flexibility index (Phi) is 4.52. The SMILES string of the molecule is CCCNc1nnc(CN(C)c2ccccc2)s1. The fraction of sp³-hybridized carbons (Fsp3) is 0.385. The van der Waals surface area contributed by atoms with E-state index in [0.29, 0.717) is 0 Å². The molecule has 0 aliphatic rings. The zero-order chi connectivity index (χ0) is 12.8. The molecule has 1 N–H and O–H groups in total. The van der Waals surface area contributed by atoms with E-state index in [-0.39, 0.29) is 0 Å². The molecule has 0 spiro atoms. The maximum absolute atomic E-state index is 4.20. The molecule has 0 fully saturated rings. The van der Waals surface area contributed by atoms with Gasteiger partial charge in [0.15, 0.2) is 0 Å². The van der Waals surface area contributed by atoms with Gasteiger partial charge in [-0.3, -0.25) is 0 Å². The Morgan fingerprint density at radius 1 is 1.22 bits per heavy atom. The number of nitrogens with one attached hydrogen (secondary N) is 1. The number of benzene rings is 1.